The number of aromatic nitrogens is 3. The Balaban J connectivity index is 1.82. The quantitative estimate of drug-likeness (QED) is 0.786. The number of nitrogens with two attached hydrogens (primary N) is 1. The van der Waals surface area contributed by atoms with Crippen LogP contribution in [0.4, 0.5) is 11.6 Å². The first-order valence-corrected chi connectivity index (χ1v) is 7.72. The van der Waals surface area contributed by atoms with E-state index in [2.05, 4.69) is 10.1 Å². The van der Waals surface area contributed by atoms with Crippen molar-refractivity contribution in [2.45, 2.75) is 13.3 Å². The molecule has 24 heavy (non-hydrogen) atoms. The number of carbonyl (C=O) groups is 1. The number of anilines is 2. The fraction of sp³-hybridized carbons (Fsp3) is 0.167. The fourth-order valence-corrected chi connectivity index (χ4v) is 3.01. The molecule has 0 saturated carbocycles. The summed E-state index contributed by atoms with van der Waals surface area (Å²) in [5, 5.41) is 4.67. The SMILES string of the molecule is Cc1c(-c2cnc3c(c2)CC(=O)N3C)nn(-c2ccccc2)c1N. The molecule has 0 saturated heterocycles. The molecule has 0 aliphatic carbocycles. The number of nitrogen functional groups attached to an aromatic ring is 1. The number of nitrogens with zero attached hydrogens (tertiary/aromatic N) is 4. The molecule has 2 N–H and O–H groups in total. The second-order valence-electron chi connectivity index (χ2n) is 5.94. The predicted molar refractivity (Wildman–Crippen MR) is 93.1 cm³/mol. The van der Waals surface area contributed by atoms with E-state index in [9.17, 15) is 4.79 Å². The summed E-state index contributed by atoms with van der Waals surface area (Å²) in [5.74, 6) is 1.38. The number of carbonyl (C=O) groups excluding carboxylic acids is 1. The molecule has 3 aromatic rings. The van der Waals surface area contributed by atoms with Crippen LogP contribution in [0.2, 0.25) is 0 Å². The lowest BCUT2D eigenvalue weighted by atomic mass is 10.1. The Morgan fingerprint density at radius 2 is 1.96 bits per heavy atom. The van der Waals surface area contributed by atoms with Crippen molar-refractivity contribution in [2.75, 3.05) is 17.7 Å². The van der Waals surface area contributed by atoms with Crippen molar-refractivity contribution < 1.29 is 4.79 Å². The highest BCUT2D eigenvalue weighted by molar-refractivity contribution is 6.00. The molecule has 4 rings (SSSR count). The number of para-hydroxylation sites is 1. The number of hydrogen-bond donors (Lipinski definition) is 1. The summed E-state index contributed by atoms with van der Waals surface area (Å²) >= 11 is 0. The van der Waals surface area contributed by atoms with Crippen molar-refractivity contribution in [1.82, 2.24) is 14.8 Å². The maximum absolute atomic E-state index is 11.8. The second kappa shape index (κ2) is 5.19. The molecule has 0 spiro atoms. The molecule has 1 aliphatic heterocycles. The molecule has 0 radical (unpaired) electrons. The Labute approximate surface area is 139 Å². The summed E-state index contributed by atoms with van der Waals surface area (Å²) in [4.78, 5) is 17.9. The molecule has 2 aromatic heterocycles. The number of rotatable bonds is 2. The zero-order valence-corrected chi connectivity index (χ0v) is 13.5. The average molecular weight is 319 g/mol. The zero-order chi connectivity index (χ0) is 16.8. The van der Waals surface area contributed by atoms with Crippen molar-refractivity contribution in [2.24, 2.45) is 0 Å². The van der Waals surface area contributed by atoms with Gasteiger partial charge in [0.2, 0.25) is 5.91 Å². The van der Waals surface area contributed by atoms with E-state index < -0.39 is 0 Å². The average Bonchev–Trinajstić information content (AvgIpc) is 3.05. The zero-order valence-electron chi connectivity index (χ0n) is 13.5. The van der Waals surface area contributed by atoms with E-state index in [0.29, 0.717) is 12.2 Å². The minimum Gasteiger partial charge on any atom is -0.383 e. The van der Waals surface area contributed by atoms with Crippen LogP contribution in [-0.2, 0) is 11.2 Å². The largest absolute Gasteiger partial charge is 0.383 e. The summed E-state index contributed by atoms with van der Waals surface area (Å²) in [6.45, 7) is 1.95. The molecular weight excluding hydrogens is 302 g/mol. The van der Waals surface area contributed by atoms with E-state index in [1.807, 2.05) is 43.3 Å². The van der Waals surface area contributed by atoms with Gasteiger partial charge in [0.15, 0.2) is 0 Å². The van der Waals surface area contributed by atoms with E-state index in [0.717, 1.165) is 33.9 Å². The van der Waals surface area contributed by atoms with Crippen LogP contribution in [0.3, 0.4) is 0 Å². The number of fused-ring (bicyclic) bond motifs is 1. The number of hydrogen-bond acceptors (Lipinski definition) is 4. The molecule has 0 atom stereocenters. The molecule has 1 aliphatic rings. The standard InChI is InChI=1S/C18H17N5O/c1-11-16(21-23(17(11)19)14-6-4-3-5-7-14)13-8-12-9-15(24)22(2)18(12)20-10-13/h3-8,10H,9,19H2,1-2H3. The third-order valence-corrected chi connectivity index (χ3v) is 4.42. The lowest BCUT2D eigenvalue weighted by Crippen LogP contribution is -2.21. The number of amides is 1. The maximum atomic E-state index is 11.8. The van der Waals surface area contributed by atoms with Gasteiger partial charge >= 0.3 is 0 Å². The first-order valence-electron chi connectivity index (χ1n) is 7.72. The summed E-state index contributed by atoms with van der Waals surface area (Å²) in [5.41, 5.74) is 10.6. The van der Waals surface area contributed by atoms with Crippen LogP contribution in [0.15, 0.2) is 42.6 Å². The number of pyridine rings is 1. The summed E-state index contributed by atoms with van der Waals surface area (Å²) in [6.07, 6.45) is 2.12. The van der Waals surface area contributed by atoms with Gasteiger partial charge in [0.05, 0.1) is 17.8 Å². The molecule has 6 heteroatoms. The molecule has 3 heterocycles. The number of benzene rings is 1. The molecule has 1 aromatic carbocycles. The van der Waals surface area contributed by atoms with Crippen LogP contribution in [0.1, 0.15) is 11.1 Å². The van der Waals surface area contributed by atoms with Gasteiger partial charge in [0.25, 0.3) is 0 Å². The highest BCUT2D eigenvalue weighted by atomic mass is 16.2. The van der Waals surface area contributed by atoms with Crippen LogP contribution in [-0.4, -0.2) is 27.7 Å². The molecule has 1 amide bonds. The Kier molecular flexibility index (Phi) is 3.13. The minimum atomic E-state index is 0.0562. The van der Waals surface area contributed by atoms with Crippen molar-refractivity contribution in [3.8, 4) is 16.9 Å². The monoisotopic (exact) mass is 319 g/mol. The highest BCUT2D eigenvalue weighted by Gasteiger charge is 2.26. The van der Waals surface area contributed by atoms with E-state index in [1.165, 1.54) is 0 Å². The Morgan fingerprint density at radius 1 is 1.21 bits per heavy atom. The van der Waals surface area contributed by atoms with Crippen molar-refractivity contribution in [3.63, 3.8) is 0 Å². The second-order valence-corrected chi connectivity index (χ2v) is 5.94. The van der Waals surface area contributed by atoms with Gasteiger partial charge in [-0.25, -0.2) is 9.67 Å². The topological polar surface area (TPSA) is 77.0 Å². The normalized spacial score (nSPS) is 13.4. The maximum Gasteiger partial charge on any atom is 0.232 e. The van der Waals surface area contributed by atoms with E-state index in [1.54, 1.807) is 22.8 Å². The lowest BCUT2D eigenvalue weighted by Gasteiger charge is -2.08. The van der Waals surface area contributed by atoms with E-state index in [-0.39, 0.29) is 5.91 Å². The van der Waals surface area contributed by atoms with Crippen LogP contribution in [0.5, 0.6) is 0 Å². The van der Waals surface area contributed by atoms with Gasteiger partial charge in [-0.1, -0.05) is 18.2 Å². The molecule has 0 fully saturated rings. The van der Waals surface area contributed by atoms with Gasteiger partial charge in [-0.15, -0.1) is 0 Å². The van der Waals surface area contributed by atoms with Gasteiger partial charge in [-0.2, -0.15) is 5.10 Å². The summed E-state index contributed by atoms with van der Waals surface area (Å²) < 4.78 is 1.73. The molecule has 120 valence electrons. The number of likely N-dealkylation sites (N-methyl/N-ethyl adjacent to an activating group) is 1. The van der Waals surface area contributed by atoms with Crippen LogP contribution >= 0.6 is 0 Å². The molecule has 6 nitrogen and oxygen atoms in total. The fourth-order valence-electron chi connectivity index (χ4n) is 3.01. The predicted octanol–water partition coefficient (Wildman–Crippen LogP) is 2.34. The third-order valence-electron chi connectivity index (χ3n) is 4.42. The smallest absolute Gasteiger partial charge is 0.232 e. The molecule has 0 bridgehead atoms. The van der Waals surface area contributed by atoms with Crippen LogP contribution in [0.25, 0.3) is 16.9 Å². The van der Waals surface area contributed by atoms with Crippen molar-refractivity contribution in [1.29, 1.82) is 0 Å². The van der Waals surface area contributed by atoms with E-state index >= 15 is 0 Å². The van der Waals surface area contributed by atoms with Gasteiger partial charge in [-0.05, 0) is 25.1 Å². The Bertz CT molecular complexity index is 946. The summed E-state index contributed by atoms with van der Waals surface area (Å²) in [7, 11) is 1.74. The van der Waals surface area contributed by atoms with Gasteiger partial charge in [-0.3, -0.25) is 9.69 Å². The molecular formula is C18H17N5O. The summed E-state index contributed by atoms with van der Waals surface area (Å²) in [6, 6.07) is 11.7. The third kappa shape index (κ3) is 2.07. The first kappa shape index (κ1) is 14.4. The van der Waals surface area contributed by atoms with E-state index in [4.69, 9.17) is 5.73 Å². The van der Waals surface area contributed by atoms with Gasteiger partial charge in [0, 0.05) is 29.9 Å². The Morgan fingerprint density at radius 3 is 2.71 bits per heavy atom. The van der Waals surface area contributed by atoms with Gasteiger partial charge < -0.3 is 5.73 Å². The van der Waals surface area contributed by atoms with Gasteiger partial charge in [0.1, 0.15) is 11.6 Å². The van der Waals surface area contributed by atoms with Crippen molar-refractivity contribution >= 4 is 17.5 Å². The van der Waals surface area contributed by atoms with Crippen LogP contribution in [0, 0.1) is 6.92 Å². The van der Waals surface area contributed by atoms with Crippen LogP contribution < -0.4 is 10.6 Å². The van der Waals surface area contributed by atoms with Crippen molar-refractivity contribution in [3.05, 3.63) is 53.7 Å². The Hall–Kier alpha value is -3.15. The lowest BCUT2D eigenvalue weighted by molar-refractivity contribution is -0.117. The highest BCUT2D eigenvalue weighted by Crippen LogP contribution is 2.32. The minimum absolute atomic E-state index is 0.0562. The molecule has 0 unspecified atom stereocenters. The first-order chi connectivity index (χ1) is 11.6.